The van der Waals surface area contributed by atoms with E-state index in [-0.39, 0.29) is 5.41 Å². The summed E-state index contributed by atoms with van der Waals surface area (Å²) < 4.78 is 0. The van der Waals surface area contributed by atoms with Gasteiger partial charge < -0.3 is 5.73 Å². The molecule has 0 saturated carbocycles. The van der Waals surface area contributed by atoms with Crippen LogP contribution in [-0.4, -0.2) is 0 Å². The predicted octanol–water partition coefficient (Wildman–Crippen LogP) is 11.7. The molecule has 1 spiro atoms. The maximum Gasteiger partial charge on any atom is 0.0473 e. The molecular weight excluding hydrogens is 542 g/mol. The SMILES string of the molecule is C=C1/C=C\CCC2(CC/C=C\C1=C)C(=C)/C=C\C(C/C=C\c1ccc(/C=C\C)c(-c3ccccc3)c1N)=C/Cc1ccccc12. The van der Waals surface area contributed by atoms with Crippen molar-refractivity contribution in [1.29, 1.82) is 0 Å². The molecule has 0 heterocycles. The number of nitrogens with two attached hydrogens (primary N) is 1. The Kier molecular flexibility index (Phi) is 10.3. The van der Waals surface area contributed by atoms with E-state index in [4.69, 9.17) is 12.3 Å². The van der Waals surface area contributed by atoms with Crippen molar-refractivity contribution in [2.24, 2.45) is 0 Å². The number of rotatable bonds is 5. The summed E-state index contributed by atoms with van der Waals surface area (Å²) in [5.41, 5.74) is 19.0. The van der Waals surface area contributed by atoms with E-state index in [0.29, 0.717) is 0 Å². The van der Waals surface area contributed by atoms with Gasteiger partial charge in [0.2, 0.25) is 0 Å². The van der Waals surface area contributed by atoms with Crippen LogP contribution in [0.3, 0.4) is 0 Å². The Morgan fingerprint density at radius 3 is 2.13 bits per heavy atom. The lowest BCUT2D eigenvalue weighted by Crippen LogP contribution is -2.29. The maximum atomic E-state index is 6.81. The van der Waals surface area contributed by atoms with Crippen molar-refractivity contribution in [2.75, 3.05) is 5.73 Å². The van der Waals surface area contributed by atoms with E-state index in [9.17, 15) is 0 Å². The molecule has 0 atom stereocenters. The highest BCUT2D eigenvalue weighted by atomic mass is 14.6. The van der Waals surface area contributed by atoms with E-state index in [2.05, 4.69) is 141 Å². The van der Waals surface area contributed by atoms with Gasteiger partial charge in [0.25, 0.3) is 0 Å². The molecule has 0 aliphatic heterocycles. The zero-order chi connectivity index (χ0) is 31.6. The molecule has 2 N–H and O–H groups in total. The van der Waals surface area contributed by atoms with Crippen molar-refractivity contribution in [3.63, 3.8) is 0 Å². The molecule has 5 rings (SSSR count). The second-order valence-electron chi connectivity index (χ2n) is 12.0. The van der Waals surface area contributed by atoms with Gasteiger partial charge >= 0.3 is 0 Å². The van der Waals surface area contributed by atoms with Gasteiger partial charge in [0, 0.05) is 16.7 Å². The Morgan fingerprint density at radius 1 is 0.756 bits per heavy atom. The predicted molar refractivity (Wildman–Crippen MR) is 198 cm³/mol. The smallest absolute Gasteiger partial charge is 0.0473 e. The normalized spacial score (nSPS) is 20.5. The fourth-order valence-corrected chi connectivity index (χ4v) is 6.57. The van der Waals surface area contributed by atoms with E-state index < -0.39 is 0 Å². The molecule has 2 aliphatic carbocycles. The van der Waals surface area contributed by atoms with Gasteiger partial charge in [-0.3, -0.25) is 0 Å². The summed E-state index contributed by atoms with van der Waals surface area (Å²) >= 11 is 0. The van der Waals surface area contributed by atoms with Crippen molar-refractivity contribution in [1.82, 2.24) is 0 Å². The molecule has 0 unspecified atom stereocenters. The Labute approximate surface area is 270 Å². The zero-order valence-electron chi connectivity index (χ0n) is 26.6. The maximum absolute atomic E-state index is 6.81. The summed E-state index contributed by atoms with van der Waals surface area (Å²) in [6, 6.07) is 23.6. The van der Waals surface area contributed by atoms with Gasteiger partial charge in [0.1, 0.15) is 0 Å². The molecule has 0 saturated heterocycles. The molecule has 2 aliphatic rings. The third-order valence-electron chi connectivity index (χ3n) is 9.13. The van der Waals surface area contributed by atoms with Crippen LogP contribution < -0.4 is 5.73 Å². The molecule has 0 bridgehead atoms. The minimum Gasteiger partial charge on any atom is -0.398 e. The topological polar surface area (TPSA) is 26.0 Å². The van der Waals surface area contributed by atoms with Crippen molar-refractivity contribution in [2.45, 2.75) is 50.9 Å². The minimum atomic E-state index is -0.148. The molecular formula is C44H45N. The summed E-state index contributed by atoms with van der Waals surface area (Å²) in [5, 5.41) is 0. The molecule has 0 amide bonds. The number of anilines is 1. The largest absolute Gasteiger partial charge is 0.398 e. The molecule has 226 valence electrons. The van der Waals surface area contributed by atoms with Crippen LogP contribution in [0.4, 0.5) is 5.69 Å². The fourth-order valence-electron chi connectivity index (χ4n) is 6.57. The van der Waals surface area contributed by atoms with Gasteiger partial charge in [0.05, 0.1) is 0 Å². The van der Waals surface area contributed by atoms with Gasteiger partial charge in [-0.2, -0.15) is 0 Å². The lowest BCUT2D eigenvalue weighted by atomic mass is 9.66. The van der Waals surface area contributed by atoms with E-state index in [1.54, 1.807) is 0 Å². The van der Waals surface area contributed by atoms with Crippen LogP contribution in [0.1, 0.15) is 61.3 Å². The lowest BCUT2D eigenvalue weighted by molar-refractivity contribution is 0.441. The van der Waals surface area contributed by atoms with Crippen LogP contribution in [0, 0.1) is 0 Å². The molecule has 1 heteroatoms. The van der Waals surface area contributed by atoms with Crippen LogP contribution in [0.5, 0.6) is 0 Å². The van der Waals surface area contributed by atoms with E-state index in [1.807, 2.05) is 13.0 Å². The summed E-state index contributed by atoms with van der Waals surface area (Å²) in [5.74, 6) is 0. The van der Waals surface area contributed by atoms with Crippen molar-refractivity contribution >= 4 is 17.8 Å². The second-order valence-corrected chi connectivity index (χ2v) is 12.0. The first-order chi connectivity index (χ1) is 21.9. The fraction of sp³-hybridized carbons (Fsp3) is 0.182. The van der Waals surface area contributed by atoms with Crippen molar-refractivity contribution < 1.29 is 0 Å². The second kappa shape index (κ2) is 14.7. The van der Waals surface area contributed by atoms with Gasteiger partial charge in [-0.1, -0.05) is 153 Å². The first kappa shape index (κ1) is 31.5. The molecule has 0 fully saturated rings. The molecule has 0 radical (unpaired) electrons. The summed E-state index contributed by atoms with van der Waals surface area (Å²) in [7, 11) is 0. The lowest BCUT2D eigenvalue weighted by Gasteiger charge is -2.37. The van der Waals surface area contributed by atoms with Crippen LogP contribution in [0.15, 0.2) is 163 Å². The number of nitrogen functional groups attached to an aromatic ring is 1. The zero-order valence-corrected chi connectivity index (χ0v) is 26.6. The van der Waals surface area contributed by atoms with Crippen LogP contribution in [0.2, 0.25) is 0 Å². The molecule has 45 heavy (non-hydrogen) atoms. The third kappa shape index (κ3) is 7.27. The summed E-state index contributed by atoms with van der Waals surface area (Å²) in [6.45, 7) is 15.1. The quantitative estimate of drug-likeness (QED) is 0.295. The number of hydrogen-bond acceptors (Lipinski definition) is 1. The average molecular weight is 588 g/mol. The van der Waals surface area contributed by atoms with Gasteiger partial charge in [-0.25, -0.2) is 0 Å². The van der Waals surface area contributed by atoms with E-state index in [0.717, 1.165) is 77.6 Å². The first-order valence-corrected chi connectivity index (χ1v) is 16.1. The van der Waals surface area contributed by atoms with Crippen LogP contribution >= 0.6 is 0 Å². The Morgan fingerprint density at radius 2 is 1.42 bits per heavy atom. The highest BCUT2D eigenvalue weighted by Gasteiger charge is 2.35. The average Bonchev–Trinajstić information content (AvgIpc) is 3.08. The third-order valence-corrected chi connectivity index (χ3v) is 9.13. The number of benzene rings is 3. The van der Waals surface area contributed by atoms with E-state index >= 15 is 0 Å². The summed E-state index contributed by atoms with van der Waals surface area (Å²) in [4.78, 5) is 0. The Bertz CT molecular complexity index is 1720. The van der Waals surface area contributed by atoms with Gasteiger partial charge in [0.15, 0.2) is 0 Å². The standard InChI is InChI=1S/C44H45N/c1-5-16-38-29-30-40(43(45)42(38)39-21-7-6-8-22-39)23-15-19-36-26-25-35(4)44(41-24-10-9-20-37(41)28-27-36)31-13-11-17-33(2)34(3)18-12-14-32-44/h5-12,15-18,20-27,29-30H,2-4,13-14,19,28,31-32,45H2,1H3/b16-5-,17-11-,18-12-,23-15-,26-25-,36-27-. The molecule has 3 aromatic rings. The Balaban J connectivity index is 1.44. The molecule has 3 aromatic carbocycles. The highest BCUT2D eigenvalue weighted by Crippen LogP contribution is 2.44. The first-order valence-electron chi connectivity index (χ1n) is 16.1. The van der Waals surface area contributed by atoms with Crippen LogP contribution in [-0.2, 0) is 11.8 Å². The van der Waals surface area contributed by atoms with Crippen molar-refractivity contribution in [3.8, 4) is 11.1 Å². The minimum absolute atomic E-state index is 0.148. The molecule has 1 nitrogen and oxygen atoms in total. The monoisotopic (exact) mass is 587 g/mol. The van der Waals surface area contributed by atoms with Crippen molar-refractivity contribution in [3.05, 3.63) is 186 Å². The number of hydrogen-bond donors (Lipinski definition) is 1. The highest BCUT2D eigenvalue weighted by molar-refractivity contribution is 5.89. The van der Waals surface area contributed by atoms with Crippen LogP contribution in [0.25, 0.3) is 23.3 Å². The van der Waals surface area contributed by atoms with Gasteiger partial charge in [-0.05, 0) is 95.6 Å². The summed E-state index contributed by atoms with van der Waals surface area (Å²) in [6.07, 6.45) is 29.8. The molecule has 0 aromatic heterocycles. The number of allylic oxidation sites excluding steroid dienone is 13. The number of fused-ring (bicyclic) bond motifs is 2. The van der Waals surface area contributed by atoms with E-state index in [1.165, 1.54) is 22.3 Å². The van der Waals surface area contributed by atoms with Gasteiger partial charge in [-0.15, -0.1) is 0 Å². The Hall–Kier alpha value is -4.88.